The Bertz CT molecular complexity index is 734. The normalized spacial score (nSPS) is 11.0. The van der Waals surface area contributed by atoms with Crippen LogP contribution < -0.4 is 20.1 Å². The quantitative estimate of drug-likeness (QED) is 0.770. The number of hydrogen-bond acceptors (Lipinski definition) is 4. The zero-order chi connectivity index (χ0) is 19.2. The molecule has 0 aliphatic carbocycles. The van der Waals surface area contributed by atoms with Crippen LogP contribution in [0.25, 0.3) is 0 Å². The van der Waals surface area contributed by atoms with E-state index in [1.807, 2.05) is 24.3 Å². The third-order valence-electron chi connectivity index (χ3n) is 4.11. The maximum atomic E-state index is 12.1. The molecule has 0 bridgehead atoms. The monoisotopic (exact) mass is 356 g/mol. The molecule has 1 amide bonds. The number of methoxy groups -OCH3 is 2. The van der Waals surface area contributed by atoms with E-state index in [-0.39, 0.29) is 11.3 Å². The fourth-order valence-electron chi connectivity index (χ4n) is 2.53. The van der Waals surface area contributed by atoms with Gasteiger partial charge in [-0.2, -0.15) is 0 Å². The van der Waals surface area contributed by atoms with Crippen LogP contribution in [0.4, 0.5) is 11.4 Å². The van der Waals surface area contributed by atoms with Crippen molar-refractivity contribution in [3.05, 3.63) is 48.0 Å². The summed E-state index contributed by atoms with van der Waals surface area (Å²) in [5.74, 6) is 1.37. The summed E-state index contributed by atoms with van der Waals surface area (Å²) in [6.45, 7) is 7.01. The zero-order valence-electron chi connectivity index (χ0n) is 16.2. The molecule has 0 saturated heterocycles. The molecular formula is C21H28N2O3. The summed E-state index contributed by atoms with van der Waals surface area (Å²) < 4.78 is 10.5. The Morgan fingerprint density at radius 1 is 1.00 bits per heavy atom. The van der Waals surface area contributed by atoms with E-state index in [9.17, 15) is 4.79 Å². The first kappa shape index (κ1) is 19.6. The molecule has 0 radical (unpaired) electrons. The van der Waals surface area contributed by atoms with Gasteiger partial charge in [-0.3, -0.25) is 4.79 Å². The van der Waals surface area contributed by atoms with Crippen molar-refractivity contribution in [2.45, 2.75) is 32.6 Å². The molecular weight excluding hydrogens is 328 g/mol. The Morgan fingerprint density at radius 2 is 1.69 bits per heavy atom. The molecule has 2 rings (SSSR count). The summed E-state index contributed by atoms with van der Waals surface area (Å²) in [6.07, 6.45) is 0.357. The van der Waals surface area contributed by atoms with Crippen LogP contribution in [0.15, 0.2) is 42.5 Å². The lowest BCUT2D eigenvalue weighted by molar-refractivity contribution is -0.115. The van der Waals surface area contributed by atoms with Crippen molar-refractivity contribution in [2.24, 2.45) is 0 Å². The van der Waals surface area contributed by atoms with Crippen LogP contribution in [0.3, 0.4) is 0 Å². The van der Waals surface area contributed by atoms with Gasteiger partial charge in [-0.1, -0.05) is 32.9 Å². The van der Waals surface area contributed by atoms with Crippen LogP contribution in [0, 0.1) is 0 Å². The second kappa shape index (κ2) is 8.61. The number of ether oxygens (including phenoxy) is 2. The van der Waals surface area contributed by atoms with Crippen molar-refractivity contribution in [3.8, 4) is 11.5 Å². The summed E-state index contributed by atoms with van der Waals surface area (Å²) in [6, 6.07) is 13.5. The molecule has 0 unspecified atom stereocenters. The minimum atomic E-state index is -0.0338. The number of nitrogens with one attached hydrogen (secondary N) is 2. The third-order valence-corrected chi connectivity index (χ3v) is 4.11. The van der Waals surface area contributed by atoms with Gasteiger partial charge in [-0.15, -0.1) is 0 Å². The fraction of sp³-hybridized carbons (Fsp3) is 0.381. The maximum Gasteiger partial charge on any atom is 0.226 e. The van der Waals surface area contributed by atoms with Crippen LogP contribution in [-0.2, 0) is 10.2 Å². The lowest BCUT2D eigenvalue weighted by Crippen LogP contribution is -2.17. The molecule has 0 aliphatic heterocycles. The standard InChI is InChI=1S/C21H28N2O3/c1-21(2,3)15-6-8-16(9-7-15)23-20(24)12-13-22-18-11-10-17(25-4)14-19(18)26-5/h6-11,14,22H,12-13H2,1-5H3,(H,23,24). The van der Waals surface area contributed by atoms with Crippen LogP contribution in [0.5, 0.6) is 11.5 Å². The number of anilines is 2. The second-order valence-corrected chi connectivity index (χ2v) is 7.12. The van der Waals surface area contributed by atoms with E-state index in [0.717, 1.165) is 17.1 Å². The lowest BCUT2D eigenvalue weighted by atomic mass is 9.87. The van der Waals surface area contributed by atoms with Gasteiger partial charge in [0.15, 0.2) is 0 Å². The third kappa shape index (κ3) is 5.41. The Balaban J connectivity index is 1.86. The van der Waals surface area contributed by atoms with Crippen molar-refractivity contribution >= 4 is 17.3 Å². The van der Waals surface area contributed by atoms with Gasteiger partial charge in [0.2, 0.25) is 5.91 Å². The van der Waals surface area contributed by atoms with Gasteiger partial charge in [0.05, 0.1) is 19.9 Å². The Hall–Kier alpha value is -2.69. The van der Waals surface area contributed by atoms with Crippen molar-refractivity contribution in [2.75, 3.05) is 31.4 Å². The Kier molecular flexibility index (Phi) is 6.50. The molecule has 5 nitrogen and oxygen atoms in total. The van der Waals surface area contributed by atoms with E-state index < -0.39 is 0 Å². The molecule has 0 aliphatic rings. The molecule has 26 heavy (non-hydrogen) atoms. The SMILES string of the molecule is COc1ccc(NCCC(=O)Nc2ccc(C(C)(C)C)cc2)c(OC)c1. The lowest BCUT2D eigenvalue weighted by Gasteiger charge is -2.19. The van der Waals surface area contributed by atoms with Crippen molar-refractivity contribution in [1.29, 1.82) is 0 Å². The highest BCUT2D eigenvalue weighted by molar-refractivity contribution is 5.91. The van der Waals surface area contributed by atoms with Gasteiger partial charge in [0, 0.05) is 24.7 Å². The molecule has 2 aromatic rings. The predicted molar refractivity (Wildman–Crippen MR) is 106 cm³/mol. The highest BCUT2D eigenvalue weighted by Crippen LogP contribution is 2.29. The van der Waals surface area contributed by atoms with E-state index in [0.29, 0.717) is 18.7 Å². The molecule has 0 atom stereocenters. The minimum Gasteiger partial charge on any atom is -0.497 e. The molecule has 140 valence electrons. The van der Waals surface area contributed by atoms with E-state index >= 15 is 0 Å². The van der Waals surface area contributed by atoms with Crippen LogP contribution in [0.1, 0.15) is 32.8 Å². The van der Waals surface area contributed by atoms with Crippen LogP contribution in [-0.4, -0.2) is 26.7 Å². The Labute approximate surface area is 155 Å². The van der Waals surface area contributed by atoms with E-state index in [4.69, 9.17) is 9.47 Å². The summed E-state index contributed by atoms with van der Waals surface area (Å²) in [4.78, 5) is 12.1. The fourth-order valence-corrected chi connectivity index (χ4v) is 2.53. The highest BCUT2D eigenvalue weighted by Gasteiger charge is 2.13. The molecule has 0 heterocycles. The van der Waals surface area contributed by atoms with Gasteiger partial charge in [-0.25, -0.2) is 0 Å². The number of amides is 1. The minimum absolute atomic E-state index is 0.0338. The van der Waals surface area contributed by atoms with E-state index in [1.54, 1.807) is 20.3 Å². The molecule has 5 heteroatoms. The van der Waals surface area contributed by atoms with Gasteiger partial charge in [0.1, 0.15) is 11.5 Å². The summed E-state index contributed by atoms with van der Waals surface area (Å²) >= 11 is 0. The summed E-state index contributed by atoms with van der Waals surface area (Å²) in [5.41, 5.74) is 2.98. The topological polar surface area (TPSA) is 59.6 Å². The van der Waals surface area contributed by atoms with Gasteiger partial charge in [0.25, 0.3) is 0 Å². The van der Waals surface area contributed by atoms with E-state index in [2.05, 4.69) is 43.5 Å². The van der Waals surface area contributed by atoms with Crippen molar-refractivity contribution in [1.82, 2.24) is 0 Å². The largest absolute Gasteiger partial charge is 0.497 e. The number of carbonyl (C=O) groups is 1. The predicted octanol–water partition coefficient (Wildman–Crippen LogP) is 4.44. The summed E-state index contributed by atoms with van der Waals surface area (Å²) in [7, 11) is 3.22. The first-order chi connectivity index (χ1) is 12.3. The van der Waals surface area contributed by atoms with E-state index in [1.165, 1.54) is 5.56 Å². The number of rotatable bonds is 7. The maximum absolute atomic E-state index is 12.1. The smallest absolute Gasteiger partial charge is 0.226 e. The van der Waals surface area contributed by atoms with Gasteiger partial charge in [-0.05, 0) is 35.2 Å². The second-order valence-electron chi connectivity index (χ2n) is 7.12. The molecule has 0 aromatic heterocycles. The van der Waals surface area contributed by atoms with Gasteiger partial charge >= 0.3 is 0 Å². The average molecular weight is 356 g/mol. The number of benzene rings is 2. The molecule has 2 aromatic carbocycles. The molecule has 2 N–H and O–H groups in total. The molecule has 0 fully saturated rings. The van der Waals surface area contributed by atoms with Crippen molar-refractivity contribution in [3.63, 3.8) is 0 Å². The highest BCUT2D eigenvalue weighted by atomic mass is 16.5. The van der Waals surface area contributed by atoms with Crippen molar-refractivity contribution < 1.29 is 14.3 Å². The average Bonchev–Trinajstić information content (AvgIpc) is 2.61. The Morgan fingerprint density at radius 3 is 2.27 bits per heavy atom. The van der Waals surface area contributed by atoms with Crippen LogP contribution in [0.2, 0.25) is 0 Å². The zero-order valence-corrected chi connectivity index (χ0v) is 16.2. The van der Waals surface area contributed by atoms with Gasteiger partial charge < -0.3 is 20.1 Å². The number of carbonyl (C=O) groups excluding carboxylic acids is 1. The first-order valence-corrected chi connectivity index (χ1v) is 8.70. The molecule has 0 spiro atoms. The number of hydrogen-bond donors (Lipinski definition) is 2. The molecule has 0 saturated carbocycles. The first-order valence-electron chi connectivity index (χ1n) is 8.70. The summed E-state index contributed by atoms with van der Waals surface area (Å²) in [5, 5.41) is 6.14. The van der Waals surface area contributed by atoms with Crippen LogP contribution >= 0.6 is 0 Å².